The zero-order valence-electron chi connectivity index (χ0n) is 11.6. The Morgan fingerprint density at radius 1 is 1.44 bits per heavy atom. The van der Waals surface area contributed by atoms with E-state index in [-0.39, 0.29) is 0 Å². The smallest absolute Gasteiger partial charge is 0.122 e. The van der Waals surface area contributed by atoms with Crippen LogP contribution in [-0.4, -0.2) is 35.7 Å². The molecule has 3 heteroatoms. The van der Waals surface area contributed by atoms with Crippen LogP contribution in [0.4, 0.5) is 0 Å². The lowest BCUT2D eigenvalue weighted by Crippen LogP contribution is -2.38. The third kappa shape index (κ3) is 3.24. The van der Waals surface area contributed by atoms with Gasteiger partial charge in [0.15, 0.2) is 0 Å². The largest absolute Gasteiger partial charge is 0.507 e. The maximum atomic E-state index is 9.92. The van der Waals surface area contributed by atoms with E-state index in [1.807, 2.05) is 25.1 Å². The van der Waals surface area contributed by atoms with Gasteiger partial charge in [0.2, 0.25) is 0 Å². The zero-order chi connectivity index (χ0) is 13.1. The van der Waals surface area contributed by atoms with Crippen molar-refractivity contribution >= 4 is 0 Å². The van der Waals surface area contributed by atoms with Crippen molar-refractivity contribution < 1.29 is 5.11 Å². The molecule has 1 saturated carbocycles. The van der Waals surface area contributed by atoms with E-state index in [9.17, 15) is 5.11 Å². The molecule has 1 aliphatic rings. The van der Waals surface area contributed by atoms with Crippen LogP contribution in [0.25, 0.3) is 0 Å². The monoisotopic (exact) mass is 248 g/mol. The maximum absolute atomic E-state index is 9.92. The second kappa shape index (κ2) is 5.72. The van der Waals surface area contributed by atoms with Gasteiger partial charge in [0.05, 0.1) is 0 Å². The highest BCUT2D eigenvalue weighted by Gasteiger charge is 2.28. The summed E-state index contributed by atoms with van der Waals surface area (Å²) in [5.74, 6) is 0.424. The van der Waals surface area contributed by atoms with Crippen LogP contribution in [0.15, 0.2) is 18.2 Å². The van der Waals surface area contributed by atoms with Gasteiger partial charge >= 0.3 is 0 Å². The second-order valence-corrected chi connectivity index (χ2v) is 5.46. The third-order valence-electron chi connectivity index (χ3n) is 3.89. The lowest BCUT2D eigenvalue weighted by molar-refractivity contribution is 0.241. The molecular weight excluding hydrogens is 224 g/mol. The second-order valence-electron chi connectivity index (χ2n) is 5.46. The van der Waals surface area contributed by atoms with E-state index in [1.165, 1.54) is 12.8 Å². The summed E-state index contributed by atoms with van der Waals surface area (Å²) in [6, 6.07) is 7.25. The van der Waals surface area contributed by atoms with Crippen molar-refractivity contribution in [3.05, 3.63) is 29.3 Å². The van der Waals surface area contributed by atoms with Crippen LogP contribution in [0.5, 0.6) is 5.75 Å². The first-order chi connectivity index (χ1) is 8.59. The molecule has 100 valence electrons. The van der Waals surface area contributed by atoms with Crippen molar-refractivity contribution in [2.24, 2.45) is 0 Å². The summed E-state index contributed by atoms with van der Waals surface area (Å²) in [6.45, 7) is 5.88. The molecule has 1 atom stereocenters. The molecule has 0 aliphatic heterocycles. The highest BCUT2D eigenvalue weighted by molar-refractivity contribution is 5.39. The average Bonchev–Trinajstić information content (AvgIpc) is 3.17. The number of nitrogens with one attached hydrogen (secondary N) is 1. The van der Waals surface area contributed by atoms with Crippen LogP contribution in [0, 0.1) is 6.92 Å². The molecule has 1 fully saturated rings. The number of phenols is 1. The molecule has 1 aromatic carbocycles. The first kappa shape index (κ1) is 13.4. The normalized spacial score (nSPS) is 17.1. The molecule has 0 spiro atoms. The zero-order valence-corrected chi connectivity index (χ0v) is 11.6. The summed E-state index contributed by atoms with van der Waals surface area (Å²) >= 11 is 0. The van der Waals surface area contributed by atoms with Crippen LogP contribution >= 0.6 is 0 Å². The van der Waals surface area contributed by atoms with Crippen LogP contribution in [-0.2, 0) is 6.54 Å². The molecule has 3 nitrogen and oxygen atoms in total. The molecule has 1 unspecified atom stereocenters. The van der Waals surface area contributed by atoms with Gasteiger partial charge in [-0.2, -0.15) is 0 Å². The minimum absolute atomic E-state index is 0.424. The van der Waals surface area contributed by atoms with E-state index in [0.29, 0.717) is 11.8 Å². The van der Waals surface area contributed by atoms with Crippen LogP contribution < -0.4 is 5.32 Å². The Bertz CT molecular complexity index is 401. The Kier molecular flexibility index (Phi) is 4.25. The van der Waals surface area contributed by atoms with Crippen molar-refractivity contribution in [2.45, 2.75) is 45.3 Å². The molecule has 0 aromatic heterocycles. The molecule has 2 N–H and O–H groups in total. The minimum Gasteiger partial charge on any atom is -0.507 e. The van der Waals surface area contributed by atoms with E-state index in [0.717, 1.165) is 30.3 Å². The SMILES string of the molecule is Cc1cccc(CNCC(C)N(C)C2CC2)c1O. The van der Waals surface area contributed by atoms with Gasteiger partial charge < -0.3 is 10.4 Å². The van der Waals surface area contributed by atoms with Crippen molar-refractivity contribution in [1.29, 1.82) is 0 Å². The number of phenolic OH excluding ortho intramolecular Hbond substituents is 1. The van der Waals surface area contributed by atoms with Crippen molar-refractivity contribution in [3.8, 4) is 5.75 Å². The number of rotatable bonds is 6. The Morgan fingerprint density at radius 2 is 2.17 bits per heavy atom. The number of likely N-dealkylation sites (N-methyl/N-ethyl adjacent to an activating group) is 1. The average molecular weight is 248 g/mol. The summed E-state index contributed by atoms with van der Waals surface area (Å²) in [4.78, 5) is 2.45. The minimum atomic E-state index is 0.424. The van der Waals surface area contributed by atoms with Gasteiger partial charge in [-0.25, -0.2) is 0 Å². The van der Waals surface area contributed by atoms with Gasteiger partial charge in [-0.1, -0.05) is 18.2 Å². The Balaban J connectivity index is 1.79. The van der Waals surface area contributed by atoms with E-state index in [2.05, 4.69) is 24.2 Å². The number of para-hydroxylation sites is 1. The van der Waals surface area contributed by atoms with E-state index < -0.39 is 0 Å². The molecule has 0 amide bonds. The van der Waals surface area contributed by atoms with Crippen molar-refractivity contribution in [3.63, 3.8) is 0 Å². The predicted octanol–water partition coefficient (Wildman–Crippen LogP) is 2.27. The highest BCUT2D eigenvalue weighted by atomic mass is 16.3. The van der Waals surface area contributed by atoms with E-state index >= 15 is 0 Å². The molecule has 0 saturated heterocycles. The molecule has 0 radical (unpaired) electrons. The Morgan fingerprint density at radius 3 is 2.83 bits per heavy atom. The molecule has 18 heavy (non-hydrogen) atoms. The van der Waals surface area contributed by atoms with Crippen molar-refractivity contribution in [2.75, 3.05) is 13.6 Å². The number of hydrogen-bond acceptors (Lipinski definition) is 3. The van der Waals surface area contributed by atoms with Crippen LogP contribution in [0.3, 0.4) is 0 Å². The summed E-state index contributed by atoms with van der Waals surface area (Å²) in [5, 5.41) is 13.4. The van der Waals surface area contributed by atoms with Crippen LogP contribution in [0.1, 0.15) is 30.9 Å². The van der Waals surface area contributed by atoms with E-state index in [1.54, 1.807) is 0 Å². The van der Waals surface area contributed by atoms with Gasteiger partial charge in [-0.05, 0) is 39.3 Å². The van der Waals surface area contributed by atoms with Gasteiger partial charge in [0.1, 0.15) is 5.75 Å². The highest BCUT2D eigenvalue weighted by Crippen LogP contribution is 2.26. The van der Waals surface area contributed by atoms with E-state index in [4.69, 9.17) is 0 Å². The summed E-state index contributed by atoms with van der Waals surface area (Å²) in [6.07, 6.45) is 2.69. The van der Waals surface area contributed by atoms with Gasteiger partial charge in [0.25, 0.3) is 0 Å². The summed E-state index contributed by atoms with van der Waals surface area (Å²) in [5.41, 5.74) is 1.92. The summed E-state index contributed by atoms with van der Waals surface area (Å²) in [7, 11) is 2.20. The topological polar surface area (TPSA) is 35.5 Å². The van der Waals surface area contributed by atoms with Gasteiger partial charge in [0, 0.05) is 30.7 Å². The molecular formula is C15H24N2O. The number of aromatic hydroxyl groups is 1. The lowest BCUT2D eigenvalue weighted by atomic mass is 10.1. The lowest BCUT2D eigenvalue weighted by Gasteiger charge is -2.24. The fraction of sp³-hybridized carbons (Fsp3) is 0.600. The first-order valence-electron chi connectivity index (χ1n) is 6.79. The maximum Gasteiger partial charge on any atom is 0.122 e. The molecule has 0 heterocycles. The molecule has 1 aliphatic carbocycles. The number of nitrogens with zero attached hydrogens (tertiary/aromatic N) is 1. The van der Waals surface area contributed by atoms with Crippen molar-refractivity contribution in [1.82, 2.24) is 10.2 Å². The standard InChI is InChI=1S/C15H24N2O/c1-11-5-4-6-13(15(11)18)10-16-9-12(2)17(3)14-7-8-14/h4-6,12,14,16,18H,7-10H2,1-3H3. The molecule has 0 bridgehead atoms. The predicted molar refractivity (Wildman–Crippen MR) is 74.8 cm³/mol. The Hall–Kier alpha value is -1.06. The Labute approximate surface area is 110 Å². The molecule has 1 aromatic rings. The van der Waals surface area contributed by atoms with Gasteiger partial charge in [-0.15, -0.1) is 0 Å². The van der Waals surface area contributed by atoms with Gasteiger partial charge in [-0.3, -0.25) is 4.90 Å². The number of benzene rings is 1. The number of hydrogen-bond donors (Lipinski definition) is 2. The van der Waals surface area contributed by atoms with Crippen LogP contribution in [0.2, 0.25) is 0 Å². The number of aryl methyl sites for hydroxylation is 1. The molecule has 2 rings (SSSR count). The fourth-order valence-corrected chi connectivity index (χ4v) is 2.26. The third-order valence-corrected chi connectivity index (χ3v) is 3.89. The first-order valence-corrected chi connectivity index (χ1v) is 6.79. The quantitative estimate of drug-likeness (QED) is 0.810. The fourth-order valence-electron chi connectivity index (χ4n) is 2.26. The summed E-state index contributed by atoms with van der Waals surface area (Å²) < 4.78 is 0.